The standard InChI is InChI=1S/C11H20N6/c1-7(2)17(6-5-10(12)13)11-14-8(3)9(4)15-16-11/h7H,5-6H2,1-4H3,(H3,12,13). The molecule has 1 aromatic heterocycles. The molecule has 17 heavy (non-hydrogen) atoms. The van der Waals surface area contributed by atoms with Crippen LogP contribution in [0.15, 0.2) is 0 Å². The van der Waals surface area contributed by atoms with Crippen LogP contribution in [-0.4, -0.2) is 33.6 Å². The van der Waals surface area contributed by atoms with E-state index < -0.39 is 0 Å². The summed E-state index contributed by atoms with van der Waals surface area (Å²) in [6.07, 6.45) is 0.508. The second-order valence-corrected chi connectivity index (χ2v) is 4.35. The molecule has 0 bridgehead atoms. The maximum atomic E-state index is 7.26. The molecule has 0 saturated heterocycles. The lowest BCUT2D eigenvalue weighted by Gasteiger charge is -2.26. The lowest BCUT2D eigenvalue weighted by molar-refractivity contribution is 0.654. The SMILES string of the molecule is Cc1nnc(N(CCC(=N)N)C(C)C)nc1C. The number of hydrogen-bond donors (Lipinski definition) is 2. The Morgan fingerprint density at radius 3 is 2.41 bits per heavy atom. The summed E-state index contributed by atoms with van der Waals surface area (Å²) >= 11 is 0. The van der Waals surface area contributed by atoms with Crippen molar-refractivity contribution in [2.45, 2.75) is 40.2 Å². The fourth-order valence-electron chi connectivity index (χ4n) is 1.40. The zero-order valence-electron chi connectivity index (χ0n) is 10.9. The summed E-state index contributed by atoms with van der Waals surface area (Å²) in [7, 11) is 0. The molecule has 0 radical (unpaired) electrons. The summed E-state index contributed by atoms with van der Waals surface area (Å²) < 4.78 is 0. The molecule has 0 spiro atoms. The molecule has 0 aliphatic heterocycles. The highest BCUT2D eigenvalue weighted by Crippen LogP contribution is 2.12. The Hall–Kier alpha value is -1.72. The van der Waals surface area contributed by atoms with E-state index in [1.54, 1.807) is 0 Å². The summed E-state index contributed by atoms with van der Waals surface area (Å²) in [4.78, 5) is 6.41. The average Bonchev–Trinajstić information content (AvgIpc) is 2.22. The van der Waals surface area contributed by atoms with Crippen molar-refractivity contribution in [3.8, 4) is 0 Å². The average molecular weight is 236 g/mol. The monoisotopic (exact) mass is 236 g/mol. The number of anilines is 1. The van der Waals surface area contributed by atoms with Crippen molar-refractivity contribution in [1.29, 1.82) is 5.41 Å². The molecule has 0 aromatic carbocycles. The number of hydrogen-bond acceptors (Lipinski definition) is 5. The van der Waals surface area contributed by atoms with E-state index in [-0.39, 0.29) is 11.9 Å². The molecule has 0 aliphatic rings. The van der Waals surface area contributed by atoms with E-state index in [0.717, 1.165) is 11.4 Å². The molecular weight excluding hydrogens is 216 g/mol. The van der Waals surface area contributed by atoms with Gasteiger partial charge in [0.15, 0.2) is 0 Å². The van der Waals surface area contributed by atoms with E-state index in [2.05, 4.69) is 29.0 Å². The second-order valence-electron chi connectivity index (χ2n) is 4.35. The second kappa shape index (κ2) is 5.56. The number of nitrogens with one attached hydrogen (secondary N) is 1. The van der Waals surface area contributed by atoms with Gasteiger partial charge < -0.3 is 10.6 Å². The number of nitrogens with two attached hydrogens (primary N) is 1. The topological polar surface area (TPSA) is 91.8 Å². The number of aromatic nitrogens is 3. The third-order valence-electron chi connectivity index (χ3n) is 2.58. The van der Waals surface area contributed by atoms with Gasteiger partial charge >= 0.3 is 0 Å². The van der Waals surface area contributed by atoms with Gasteiger partial charge in [-0.1, -0.05) is 0 Å². The first kappa shape index (κ1) is 13.3. The highest BCUT2D eigenvalue weighted by Gasteiger charge is 2.14. The molecule has 0 amide bonds. The highest BCUT2D eigenvalue weighted by atomic mass is 15.3. The van der Waals surface area contributed by atoms with Gasteiger partial charge in [0.2, 0.25) is 5.95 Å². The third kappa shape index (κ3) is 3.65. The van der Waals surface area contributed by atoms with E-state index in [1.807, 2.05) is 18.7 Å². The van der Waals surface area contributed by atoms with Crippen molar-refractivity contribution in [3.63, 3.8) is 0 Å². The number of rotatable bonds is 5. The van der Waals surface area contributed by atoms with Gasteiger partial charge in [0.05, 0.1) is 17.2 Å². The van der Waals surface area contributed by atoms with E-state index >= 15 is 0 Å². The van der Waals surface area contributed by atoms with Crippen LogP contribution in [0.25, 0.3) is 0 Å². The maximum Gasteiger partial charge on any atom is 0.245 e. The Morgan fingerprint density at radius 1 is 1.29 bits per heavy atom. The molecule has 0 fully saturated rings. The molecule has 1 heterocycles. The molecule has 0 unspecified atom stereocenters. The first-order valence-corrected chi connectivity index (χ1v) is 5.69. The zero-order valence-corrected chi connectivity index (χ0v) is 10.9. The van der Waals surface area contributed by atoms with Crippen LogP contribution in [0.4, 0.5) is 5.95 Å². The van der Waals surface area contributed by atoms with Gasteiger partial charge in [0.1, 0.15) is 0 Å². The van der Waals surface area contributed by atoms with Crippen molar-refractivity contribution in [3.05, 3.63) is 11.4 Å². The van der Waals surface area contributed by atoms with Gasteiger partial charge in [0, 0.05) is 19.0 Å². The van der Waals surface area contributed by atoms with Crippen molar-refractivity contribution in [2.24, 2.45) is 5.73 Å². The summed E-state index contributed by atoms with van der Waals surface area (Å²) in [5.41, 5.74) is 7.09. The first-order valence-electron chi connectivity index (χ1n) is 5.69. The van der Waals surface area contributed by atoms with Crippen molar-refractivity contribution >= 4 is 11.8 Å². The van der Waals surface area contributed by atoms with Gasteiger partial charge in [0.25, 0.3) is 0 Å². The fourth-order valence-corrected chi connectivity index (χ4v) is 1.40. The van der Waals surface area contributed by atoms with Crippen LogP contribution < -0.4 is 10.6 Å². The first-order chi connectivity index (χ1) is 7.91. The van der Waals surface area contributed by atoms with E-state index in [9.17, 15) is 0 Å². The lowest BCUT2D eigenvalue weighted by atomic mass is 10.3. The minimum atomic E-state index is 0.174. The van der Waals surface area contributed by atoms with E-state index in [1.165, 1.54) is 0 Å². The van der Waals surface area contributed by atoms with Crippen LogP contribution >= 0.6 is 0 Å². The zero-order chi connectivity index (χ0) is 13.0. The summed E-state index contributed by atoms with van der Waals surface area (Å²) in [5.74, 6) is 0.775. The fraction of sp³-hybridized carbons (Fsp3) is 0.636. The molecular formula is C11H20N6. The number of nitrogens with zero attached hydrogens (tertiary/aromatic N) is 4. The largest absolute Gasteiger partial charge is 0.388 e. The molecule has 0 saturated carbocycles. The molecule has 6 heteroatoms. The van der Waals surface area contributed by atoms with Crippen molar-refractivity contribution < 1.29 is 0 Å². The summed E-state index contributed by atoms with van der Waals surface area (Å²) in [6, 6.07) is 0.248. The van der Waals surface area contributed by atoms with Gasteiger partial charge in [-0.05, 0) is 27.7 Å². The minimum Gasteiger partial charge on any atom is -0.388 e. The van der Waals surface area contributed by atoms with Gasteiger partial charge in [-0.15, -0.1) is 5.10 Å². The Balaban J connectivity index is 2.89. The molecule has 1 rings (SSSR count). The Morgan fingerprint density at radius 2 is 1.94 bits per heavy atom. The summed E-state index contributed by atoms with van der Waals surface area (Å²) in [6.45, 7) is 8.54. The van der Waals surface area contributed by atoms with Crippen LogP contribution in [0.5, 0.6) is 0 Å². The van der Waals surface area contributed by atoms with Crippen LogP contribution in [0.2, 0.25) is 0 Å². The van der Waals surface area contributed by atoms with Gasteiger partial charge in [-0.3, -0.25) is 5.41 Å². The minimum absolute atomic E-state index is 0.174. The predicted molar refractivity (Wildman–Crippen MR) is 68.3 cm³/mol. The quantitative estimate of drug-likeness (QED) is 0.588. The highest BCUT2D eigenvalue weighted by molar-refractivity contribution is 5.77. The van der Waals surface area contributed by atoms with Gasteiger partial charge in [-0.25, -0.2) is 4.98 Å². The Bertz CT molecular complexity index is 401. The molecule has 3 N–H and O–H groups in total. The molecule has 1 aromatic rings. The normalized spacial score (nSPS) is 10.6. The predicted octanol–water partition coefficient (Wildman–Crippen LogP) is 1.03. The van der Waals surface area contributed by atoms with E-state index in [0.29, 0.717) is 18.9 Å². The van der Waals surface area contributed by atoms with Crippen LogP contribution in [0.3, 0.4) is 0 Å². The number of aryl methyl sites for hydroxylation is 2. The van der Waals surface area contributed by atoms with Crippen molar-refractivity contribution in [1.82, 2.24) is 15.2 Å². The lowest BCUT2D eigenvalue weighted by Crippen LogP contribution is -2.35. The van der Waals surface area contributed by atoms with Crippen LogP contribution in [0.1, 0.15) is 31.7 Å². The summed E-state index contributed by atoms with van der Waals surface area (Å²) in [5, 5.41) is 15.4. The van der Waals surface area contributed by atoms with Crippen LogP contribution in [-0.2, 0) is 0 Å². The molecule has 0 atom stereocenters. The van der Waals surface area contributed by atoms with E-state index in [4.69, 9.17) is 11.1 Å². The molecule has 94 valence electrons. The molecule has 0 aliphatic carbocycles. The smallest absolute Gasteiger partial charge is 0.245 e. The van der Waals surface area contributed by atoms with Crippen LogP contribution in [0, 0.1) is 19.3 Å². The molecule has 6 nitrogen and oxygen atoms in total. The van der Waals surface area contributed by atoms with Gasteiger partial charge in [-0.2, -0.15) is 5.10 Å². The maximum absolute atomic E-state index is 7.26. The van der Waals surface area contributed by atoms with Crippen molar-refractivity contribution in [2.75, 3.05) is 11.4 Å². The Labute approximate surface area is 102 Å². The Kier molecular flexibility index (Phi) is 4.37. The number of amidine groups is 1. The third-order valence-corrected chi connectivity index (χ3v) is 2.58.